The first-order valence-electron chi connectivity index (χ1n) is 13.7. The first-order valence-corrected chi connectivity index (χ1v) is 13.7. The van der Waals surface area contributed by atoms with Crippen LogP contribution >= 0.6 is 0 Å². The molecule has 4 nitrogen and oxygen atoms in total. The molecular weight excluding hydrogens is 424 g/mol. The van der Waals surface area contributed by atoms with Gasteiger partial charge in [-0.2, -0.15) is 0 Å². The van der Waals surface area contributed by atoms with E-state index in [9.17, 15) is 20.1 Å². The molecule has 9 atom stereocenters. The Hall–Kier alpha value is -1.13. The monoisotopic (exact) mass is 472 g/mol. The summed E-state index contributed by atoms with van der Waals surface area (Å²) in [7, 11) is 0. The molecule has 4 rings (SSSR count). The van der Waals surface area contributed by atoms with Gasteiger partial charge in [-0.3, -0.25) is 4.79 Å². The predicted molar refractivity (Wildman–Crippen MR) is 136 cm³/mol. The van der Waals surface area contributed by atoms with Gasteiger partial charge in [0, 0.05) is 5.41 Å². The molecule has 4 aliphatic carbocycles. The highest BCUT2D eigenvalue weighted by atomic mass is 16.4. The normalized spacial score (nSPS) is 46.5. The molecule has 0 heterocycles. The Morgan fingerprint density at radius 3 is 2.44 bits per heavy atom. The third-order valence-electron chi connectivity index (χ3n) is 11.9. The minimum atomic E-state index is -0.621. The average Bonchev–Trinajstić information content (AvgIpc) is 3.05. The molecule has 4 aliphatic rings. The smallest absolute Gasteiger partial charge is 0.306 e. The molecule has 0 aliphatic heterocycles. The molecule has 3 N–H and O–H groups in total. The van der Waals surface area contributed by atoms with Crippen molar-refractivity contribution in [3.8, 4) is 0 Å². The summed E-state index contributed by atoms with van der Waals surface area (Å²) in [6, 6.07) is 0. The molecule has 0 spiro atoms. The van der Waals surface area contributed by atoms with Crippen LogP contribution in [0.4, 0.5) is 0 Å². The Balaban J connectivity index is 1.67. The second-order valence-electron chi connectivity index (χ2n) is 13.5. The van der Waals surface area contributed by atoms with E-state index in [2.05, 4.69) is 53.7 Å². The van der Waals surface area contributed by atoms with Gasteiger partial charge in [0.15, 0.2) is 0 Å². The van der Waals surface area contributed by atoms with E-state index in [0.717, 1.165) is 57.8 Å². The first kappa shape index (κ1) is 25.9. The molecule has 0 amide bonds. The number of allylic oxidation sites excluding steroid dienone is 4. The minimum absolute atomic E-state index is 0.00101. The van der Waals surface area contributed by atoms with Crippen LogP contribution in [0.5, 0.6) is 0 Å². The number of aliphatic hydroxyl groups excluding tert-OH is 2. The molecule has 192 valence electrons. The molecule has 34 heavy (non-hydrogen) atoms. The Morgan fingerprint density at radius 2 is 1.82 bits per heavy atom. The predicted octanol–water partition coefficient (Wildman–Crippen LogP) is 6.37. The zero-order valence-corrected chi connectivity index (χ0v) is 22.4. The van der Waals surface area contributed by atoms with Gasteiger partial charge in [-0.15, -0.1) is 0 Å². The van der Waals surface area contributed by atoms with Crippen LogP contribution in [-0.2, 0) is 4.79 Å². The Kier molecular flexibility index (Phi) is 6.69. The van der Waals surface area contributed by atoms with E-state index in [1.807, 2.05) is 0 Å². The molecule has 3 fully saturated rings. The lowest BCUT2D eigenvalue weighted by Crippen LogP contribution is -2.60. The highest BCUT2D eigenvalue weighted by molar-refractivity contribution is 5.70. The van der Waals surface area contributed by atoms with Crippen molar-refractivity contribution in [2.24, 2.45) is 45.3 Å². The van der Waals surface area contributed by atoms with Crippen LogP contribution in [0.1, 0.15) is 99.3 Å². The van der Waals surface area contributed by atoms with E-state index in [1.165, 1.54) is 5.57 Å². The van der Waals surface area contributed by atoms with E-state index in [-0.39, 0.29) is 40.6 Å². The number of rotatable bonds is 6. The summed E-state index contributed by atoms with van der Waals surface area (Å²) in [5.74, 6) is 0.0566. The molecule has 0 unspecified atom stereocenters. The van der Waals surface area contributed by atoms with Crippen LogP contribution < -0.4 is 0 Å². The number of aliphatic carboxylic acids is 1. The lowest BCUT2D eigenvalue weighted by atomic mass is 9.40. The topological polar surface area (TPSA) is 77.8 Å². The van der Waals surface area contributed by atoms with E-state index in [0.29, 0.717) is 5.92 Å². The van der Waals surface area contributed by atoms with Gasteiger partial charge >= 0.3 is 5.97 Å². The SMILES string of the molecule is CC(C)=CCC[C@H](C(=O)O)[C@@H]1CC[C@]2(C)C3=CC[C@@H]4[C@](C)(CC[C@H](O)[C@]4(C)CO)[C@H]3CC[C@@]12C. The largest absolute Gasteiger partial charge is 0.481 e. The zero-order chi connectivity index (χ0) is 25.1. The Labute approximate surface area is 206 Å². The van der Waals surface area contributed by atoms with Crippen molar-refractivity contribution in [1.82, 2.24) is 0 Å². The second kappa shape index (κ2) is 8.76. The fourth-order valence-electron chi connectivity index (χ4n) is 9.48. The number of aliphatic hydroxyl groups is 2. The van der Waals surface area contributed by atoms with Crippen LogP contribution in [-0.4, -0.2) is 34.0 Å². The maximum absolute atomic E-state index is 12.5. The lowest BCUT2D eigenvalue weighted by Gasteiger charge is -2.64. The zero-order valence-electron chi connectivity index (χ0n) is 22.4. The molecule has 0 aromatic carbocycles. The van der Waals surface area contributed by atoms with Crippen molar-refractivity contribution in [3.05, 3.63) is 23.3 Å². The summed E-state index contributed by atoms with van der Waals surface area (Å²) in [4.78, 5) is 12.5. The van der Waals surface area contributed by atoms with Crippen LogP contribution in [0.25, 0.3) is 0 Å². The van der Waals surface area contributed by atoms with E-state index < -0.39 is 17.5 Å². The van der Waals surface area contributed by atoms with E-state index in [4.69, 9.17) is 0 Å². The minimum Gasteiger partial charge on any atom is -0.481 e. The van der Waals surface area contributed by atoms with Crippen molar-refractivity contribution in [1.29, 1.82) is 0 Å². The number of carboxylic acids is 1. The Morgan fingerprint density at radius 1 is 1.12 bits per heavy atom. The van der Waals surface area contributed by atoms with Crippen LogP contribution in [0, 0.1) is 45.3 Å². The quantitative estimate of drug-likeness (QED) is 0.392. The van der Waals surface area contributed by atoms with Crippen molar-refractivity contribution < 1.29 is 20.1 Å². The highest BCUT2D eigenvalue weighted by Crippen LogP contribution is 2.73. The van der Waals surface area contributed by atoms with Crippen molar-refractivity contribution in [2.45, 2.75) is 105 Å². The summed E-state index contributed by atoms with van der Waals surface area (Å²) in [5, 5.41) is 31.4. The van der Waals surface area contributed by atoms with Gasteiger partial charge in [0.05, 0.1) is 18.6 Å². The number of carboxylic acid groups (broad SMARTS) is 1. The molecular formula is C30H48O4. The number of hydrogen-bond donors (Lipinski definition) is 3. The van der Waals surface area contributed by atoms with Gasteiger partial charge in [0.1, 0.15) is 0 Å². The second-order valence-corrected chi connectivity index (χ2v) is 13.5. The molecule has 0 bridgehead atoms. The Bertz CT molecular complexity index is 871. The molecule has 4 heteroatoms. The first-order chi connectivity index (χ1) is 15.8. The van der Waals surface area contributed by atoms with Gasteiger partial charge in [-0.1, -0.05) is 51.0 Å². The highest BCUT2D eigenvalue weighted by Gasteiger charge is 2.66. The molecule has 0 aromatic rings. The molecule has 0 radical (unpaired) electrons. The summed E-state index contributed by atoms with van der Waals surface area (Å²) in [5.41, 5.74) is 2.50. The maximum Gasteiger partial charge on any atom is 0.306 e. The maximum atomic E-state index is 12.5. The third kappa shape index (κ3) is 3.57. The average molecular weight is 473 g/mol. The van der Waals surface area contributed by atoms with Gasteiger partial charge in [0.2, 0.25) is 0 Å². The summed E-state index contributed by atoms with van der Waals surface area (Å²) >= 11 is 0. The van der Waals surface area contributed by atoms with Gasteiger partial charge in [-0.25, -0.2) is 0 Å². The van der Waals surface area contributed by atoms with Crippen molar-refractivity contribution >= 4 is 5.97 Å². The molecule has 0 saturated heterocycles. The standard InChI is InChI=1S/C30H48O4/c1-19(2)8-7-9-20(26(33)34)21-12-16-30(6)23-10-11-24-27(3,22(23)13-17-29(21,30)5)15-14-25(32)28(24,4)18-31/h8,10,20-22,24-25,31-32H,7,9,11-18H2,1-6H3,(H,33,34)/t20-,21-,22-,24+,25-,27+,28+,29-,30+/m0/s1. The van der Waals surface area contributed by atoms with Crippen LogP contribution in [0.2, 0.25) is 0 Å². The van der Waals surface area contributed by atoms with E-state index in [1.54, 1.807) is 5.57 Å². The number of carbonyl (C=O) groups is 1. The number of hydrogen-bond acceptors (Lipinski definition) is 3. The van der Waals surface area contributed by atoms with Crippen molar-refractivity contribution in [3.63, 3.8) is 0 Å². The molecule has 0 aromatic heterocycles. The molecule has 3 saturated carbocycles. The summed E-state index contributed by atoms with van der Waals surface area (Å²) in [6.45, 7) is 13.5. The number of fused-ring (bicyclic) bond motifs is 5. The van der Waals surface area contributed by atoms with Crippen LogP contribution in [0.15, 0.2) is 23.3 Å². The van der Waals surface area contributed by atoms with Crippen LogP contribution in [0.3, 0.4) is 0 Å². The van der Waals surface area contributed by atoms with Crippen molar-refractivity contribution in [2.75, 3.05) is 6.61 Å². The van der Waals surface area contributed by atoms with Gasteiger partial charge < -0.3 is 15.3 Å². The lowest BCUT2D eigenvalue weighted by molar-refractivity contribution is -0.157. The van der Waals surface area contributed by atoms with Gasteiger partial charge in [-0.05, 0) is 106 Å². The third-order valence-corrected chi connectivity index (χ3v) is 11.9. The fourth-order valence-corrected chi connectivity index (χ4v) is 9.48. The summed E-state index contributed by atoms with van der Waals surface area (Å²) < 4.78 is 0. The fraction of sp³-hybridized carbons (Fsp3) is 0.833. The van der Waals surface area contributed by atoms with E-state index >= 15 is 0 Å². The van der Waals surface area contributed by atoms with Gasteiger partial charge in [0.25, 0.3) is 0 Å². The summed E-state index contributed by atoms with van der Waals surface area (Å²) in [6.07, 6.45) is 12.7.